The van der Waals surface area contributed by atoms with E-state index in [1.165, 1.54) is 5.56 Å². The van der Waals surface area contributed by atoms with Crippen molar-refractivity contribution >= 4 is 0 Å². The zero-order valence-electron chi connectivity index (χ0n) is 11.8. The Morgan fingerprint density at radius 2 is 1.90 bits per heavy atom. The number of benzene rings is 2. The lowest BCUT2D eigenvalue weighted by molar-refractivity contribution is 0.296. The van der Waals surface area contributed by atoms with E-state index in [1.807, 2.05) is 36.4 Å². The number of nitrogens with two attached hydrogens (primary N) is 1. The van der Waals surface area contributed by atoms with Gasteiger partial charge < -0.3 is 15.2 Å². The van der Waals surface area contributed by atoms with Gasteiger partial charge in [-0.05, 0) is 43.1 Å². The van der Waals surface area contributed by atoms with Gasteiger partial charge in [-0.3, -0.25) is 0 Å². The SMILES string of the molecule is COc1ccccc1COc1cccc(CCCN)c1. The Labute approximate surface area is 120 Å². The van der Waals surface area contributed by atoms with Crippen LogP contribution in [0.5, 0.6) is 11.5 Å². The van der Waals surface area contributed by atoms with Gasteiger partial charge in [0.05, 0.1) is 7.11 Å². The summed E-state index contributed by atoms with van der Waals surface area (Å²) in [6.45, 7) is 1.22. The fraction of sp³-hybridized carbons (Fsp3) is 0.294. The Morgan fingerprint density at radius 3 is 2.70 bits per heavy atom. The first-order valence-electron chi connectivity index (χ1n) is 6.87. The van der Waals surface area contributed by atoms with E-state index in [4.69, 9.17) is 15.2 Å². The molecule has 0 unspecified atom stereocenters. The quantitative estimate of drug-likeness (QED) is 0.841. The first-order chi connectivity index (χ1) is 9.83. The van der Waals surface area contributed by atoms with Gasteiger partial charge in [0.25, 0.3) is 0 Å². The molecule has 0 saturated carbocycles. The third-order valence-electron chi connectivity index (χ3n) is 3.15. The van der Waals surface area contributed by atoms with E-state index in [0.717, 1.165) is 29.9 Å². The number of hydrogen-bond donors (Lipinski definition) is 1. The Bertz CT molecular complexity index is 540. The molecule has 0 saturated heterocycles. The fourth-order valence-corrected chi connectivity index (χ4v) is 2.08. The molecule has 2 aromatic carbocycles. The molecule has 106 valence electrons. The van der Waals surface area contributed by atoms with Gasteiger partial charge in [-0.15, -0.1) is 0 Å². The topological polar surface area (TPSA) is 44.5 Å². The summed E-state index contributed by atoms with van der Waals surface area (Å²) in [4.78, 5) is 0. The van der Waals surface area contributed by atoms with Crippen LogP contribution < -0.4 is 15.2 Å². The van der Waals surface area contributed by atoms with Crippen LogP contribution in [0.1, 0.15) is 17.5 Å². The summed E-state index contributed by atoms with van der Waals surface area (Å²) in [7, 11) is 1.67. The molecule has 3 heteroatoms. The van der Waals surface area contributed by atoms with E-state index in [9.17, 15) is 0 Å². The number of methoxy groups -OCH3 is 1. The second-order valence-corrected chi connectivity index (χ2v) is 4.64. The van der Waals surface area contributed by atoms with E-state index in [-0.39, 0.29) is 0 Å². The zero-order valence-corrected chi connectivity index (χ0v) is 11.8. The molecular weight excluding hydrogens is 250 g/mol. The van der Waals surface area contributed by atoms with Crippen LogP contribution in [-0.4, -0.2) is 13.7 Å². The summed E-state index contributed by atoms with van der Waals surface area (Å²) in [5.74, 6) is 1.73. The van der Waals surface area contributed by atoms with Crippen molar-refractivity contribution < 1.29 is 9.47 Å². The third kappa shape index (κ3) is 4.00. The molecule has 0 spiro atoms. The smallest absolute Gasteiger partial charge is 0.125 e. The van der Waals surface area contributed by atoms with Gasteiger partial charge in [0.2, 0.25) is 0 Å². The van der Waals surface area contributed by atoms with Crippen LogP contribution in [0.15, 0.2) is 48.5 Å². The second-order valence-electron chi connectivity index (χ2n) is 4.64. The van der Waals surface area contributed by atoms with Crippen LogP contribution in [-0.2, 0) is 13.0 Å². The Balaban J connectivity index is 1.99. The second kappa shape index (κ2) is 7.56. The molecule has 2 aromatic rings. The number of rotatable bonds is 7. The average Bonchev–Trinajstić information content (AvgIpc) is 2.51. The summed E-state index contributed by atoms with van der Waals surface area (Å²) in [5, 5.41) is 0. The molecule has 0 aliphatic rings. The Morgan fingerprint density at radius 1 is 1.05 bits per heavy atom. The minimum absolute atomic E-state index is 0.504. The number of ether oxygens (including phenoxy) is 2. The van der Waals surface area contributed by atoms with E-state index < -0.39 is 0 Å². The predicted molar refractivity (Wildman–Crippen MR) is 81.1 cm³/mol. The Hall–Kier alpha value is -2.00. The van der Waals surface area contributed by atoms with Gasteiger partial charge in [0, 0.05) is 5.56 Å². The lowest BCUT2D eigenvalue weighted by atomic mass is 10.1. The lowest BCUT2D eigenvalue weighted by Gasteiger charge is -2.11. The number of aryl methyl sites for hydroxylation is 1. The molecule has 0 atom stereocenters. The fourth-order valence-electron chi connectivity index (χ4n) is 2.08. The highest BCUT2D eigenvalue weighted by atomic mass is 16.5. The molecular formula is C17H21NO2. The van der Waals surface area contributed by atoms with Gasteiger partial charge in [0.1, 0.15) is 18.1 Å². The van der Waals surface area contributed by atoms with E-state index >= 15 is 0 Å². The van der Waals surface area contributed by atoms with Crippen LogP contribution in [0.25, 0.3) is 0 Å². The van der Waals surface area contributed by atoms with Crippen molar-refractivity contribution in [2.75, 3.05) is 13.7 Å². The molecule has 20 heavy (non-hydrogen) atoms. The number of hydrogen-bond acceptors (Lipinski definition) is 3. The molecule has 0 amide bonds. The summed E-state index contributed by atoms with van der Waals surface area (Å²) in [6, 6.07) is 16.1. The number of para-hydroxylation sites is 1. The summed E-state index contributed by atoms with van der Waals surface area (Å²) < 4.78 is 11.2. The summed E-state index contributed by atoms with van der Waals surface area (Å²) in [5.41, 5.74) is 7.84. The van der Waals surface area contributed by atoms with Crippen molar-refractivity contribution in [3.8, 4) is 11.5 Å². The first kappa shape index (κ1) is 14.4. The highest BCUT2D eigenvalue weighted by Gasteiger charge is 2.03. The van der Waals surface area contributed by atoms with Gasteiger partial charge in [-0.2, -0.15) is 0 Å². The van der Waals surface area contributed by atoms with Crippen LogP contribution >= 0.6 is 0 Å². The highest BCUT2D eigenvalue weighted by Crippen LogP contribution is 2.21. The van der Waals surface area contributed by atoms with Gasteiger partial charge in [-0.25, -0.2) is 0 Å². The Kier molecular flexibility index (Phi) is 5.44. The molecule has 0 aliphatic heterocycles. The largest absolute Gasteiger partial charge is 0.496 e. The normalized spacial score (nSPS) is 10.3. The minimum atomic E-state index is 0.504. The third-order valence-corrected chi connectivity index (χ3v) is 3.15. The minimum Gasteiger partial charge on any atom is -0.496 e. The molecule has 0 radical (unpaired) electrons. The van der Waals surface area contributed by atoms with Crippen LogP contribution in [0.2, 0.25) is 0 Å². The van der Waals surface area contributed by atoms with Crippen molar-refractivity contribution in [1.82, 2.24) is 0 Å². The van der Waals surface area contributed by atoms with Crippen LogP contribution in [0.4, 0.5) is 0 Å². The highest BCUT2D eigenvalue weighted by molar-refractivity contribution is 5.34. The van der Waals surface area contributed by atoms with Gasteiger partial charge >= 0.3 is 0 Å². The molecule has 0 heterocycles. The van der Waals surface area contributed by atoms with Crippen LogP contribution in [0.3, 0.4) is 0 Å². The molecule has 3 nitrogen and oxygen atoms in total. The van der Waals surface area contributed by atoms with E-state index in [2.05, 4.69) is 12.1 Å². The molecule has 0 aromatic heterocycles. The maximum Gasteiger partial charge on any atom is 0.125 e. The standard InChI is InChI=1S/C17H21NO2/c1-19-17-10-3-2-8-15(17)13-20-16-9-4-6-14(12-16)7-5-11-18/h2-4,6,8-10,12H,5,7,11,13,18H2,1H3. The van der Waals surface area contributed by atoms with Gasteiger partial charge in [0.15, 0.2) is 0 Å². The van der Waals surface area contributed by atoms with Crippen molar-refractivity contribution in [3.05, 3.63) is 59.7 Å². The van der Waals surface area contributed by atoms with Crippen molar-refractivity contribution in [2.24, 2.45) is 5.73 Å². The molecule has 0 bridgehead atoms. The monoisotopic (exact) mass is 271 g/mol. The summed E-state index contributed by atoms with van der Waals surface area (Å²) >= 11 is 0. The van der Waals surface area contributed by atoms with E-state index in [1.54, 1.807) is 7.11 Å². The predicted octanol–water partition coefficient (Wildman–Crippen LogP) is 3.17. The van der Waals surface area contributed by atoms with E-state index in [0.29, 0.717) is 13.2 Å². The molecule has 0 aliphatic carbocycles. The zero-order chi connectivity index (χ0) is 14.2. The first-order valence-corrected chi connectivity index (χ1v) is 6.87. The lowest BCUT2D eigenvalue weighted by Crippen LogP contribution is -2.01. The van der Waals surface area contributed by atoms with Crippen molar-refractivity contribution in [3.63, 3.8) is 0 Å². The molecule has 2 N–H and O–H groups in total. The maximum atomic E-state index is 5.84. The van der Waals surface area contributed by atoms with Crippen molar-refractivity contribution in [1.29, 1.82) is 0 Å². The molecule has 0 fully saturated rings. The average molecular weight is 271 g/mol. The maximum absolute atomic E-state index is 5.84. The molecule has 2 rings (SSSR count). The van der Waals surface area contributed by atoms with Crippen molar-refractivity contribution in [2.45, 2.75) is 19.4 Å². The van der Waals surface area contributed by atoms with Gasteiger partial charge in [-0.1, -0.05) is 30.3 Å². The van der Waals surface area contributed by atoms with Crippen LogP contribution in [0, 0.1) is 0 Å². The summed E-state index contributed by atoms with van der Waals surface area (Å²) in [6.07, 6.45) is 1.98.